The summed E-state index contributed by atoms with van der Waals surface area (Å²) in [7, 11) is 0. The van der Waals surface area contributed by atoms with Gasteiger partial charge in [0, 0.05) is 22.1 Å². The first kappa shape index (κ1) is 23.2. The van der Waals surface area contributed by atoms with Gasteiger partial charge < -0.3 is 0 Å². The van der Waals surface area contributed by atoms with Crippen molar-refractivity contribution in [1.29, 1.82) is 0 Å². The van der Waals surface area contributed by atoms with Crippen LogP contribution in [0.3, 0.4) is 0 Å². The first-order valence-electron chi connectivity index (χ1n) is 22.2. The normalized spacial score (nSPS) is 15.6. The van der Waals surface area contributed by atoms with Crippen LogP contribution in [0.1, 0.15) is 54.0 Å². The van der Waals surface area contributed by atoms with E-state index in [1.165, 1.54) is 57.0 Å². The van der Waals surface area contributed by atoms with Gasteiger partial charge in [-0.25, -0.2) is 15.0 Å². The second-order valence-electron chi connectivity index (χ2n) is 14.2. The van der Waals surface area contributed by atoms with Gasteiger partial charge in [0.1, 0.15) is 0 Å². The Hall–Kier alpha value is -6.45. The van der Waals surface area contributed by atoms with Crippen molar-refractivity contribution in [2.45, 2.75) is 32.6 Å². The average Bonchev–Trinajstić information content (AvgIpc) is 3.78. The summed E-state index contributed by atoms with van der Waals surface area (Å²) in [6.45, 7) is 6.11. The number of benzene rings is 7. The highest BCUT2D eigenvalue weighted by Gasteiger charge is 2.35. The topological polar surface area (TPSA) is 38.7 Å². The van der Waals surface area contributed by atoms with Crippen molar-refractivity contribution >= 4 is 0 Å². The molecule has 2 aliphatic carbocycles. The molecule has 0 amide bonds. The second kappa shape index (κ2) is 12.1. The summed E-state index contributed by atoms with van der Waals surface area (Å²) in [5.41, 5.74) is 14.4. The zero-order valence-corrected chi connectivity index (χ0v) is 29.4. The molecule has 1 heterocycles. The first-order valence-corrected chi connectivity index (χ1v) is 17.7. The summed E-state index contributed by atoms with van der Waals surface area (Å²) in [5, 5.41) is 0. The minimum atomic E-state index is -0.569. The van der Waals surface area contributed by atoms with Crippen molar-refractivity contribution in [3.8, 4) is 78.7 Å². The fourth-order valence-corrected chi connectivity index (χ4v) is 8.11. The maximum absolute atomic E-state index is 8.88. The Morgan fingerprint density at radius 2 is 1.04 bits per heavy atom. The highest BCUT2D eigenvalue weighted by molar-refractivity contribution is 5.91. The Labute approximate surface area is 323 Å². The van der Waals surface area contributed by atoms with Crippen LogP contribution in [-0.4, -0.2) is 15.0 Å². The average molecular weight is 689 g/mol. The number of rotatable bonds is 5. The van der Waals surface area contributed by atoms with Crippen LogP contribution in [0.5, 0.6) is 0 Å². The van der Waals surface area contributed by atoms with Gasteiger partial charge in [0.15, 0.2) is 17.5 Å². The van der Waals surface area contributed by atoms with Gasteiger partial charge >= 0.3 is 0 Å². The molecule has 0 radical (unpaired) electrons. The summed E-state index contributed by atoms with van der Waals surface area (Å²) < 4.78 is 76.7. The van der Waals surface area contributed by atoms with Crippen molar-refractivity contribution in [2.75, 3.05) is 0 Å². The van der Waals surface area contributed by atoms with Gasteiger partial charge in [-0.2, -0.15) is 0 Å². The third-order valence-electron chi connectivity index (χ3n) is 10.7. The molecule has 53 heavy (non-hydrogen) atoms. The first-order chi connectivity index (χ1) is 29.7. The quantitative estimate of drug-likeness (QED) is 0.181. The molecule has 10 rings (SSSR count). The number of hydrogen-bond acceptors (Lipinski definition) is 3. The lowest BCUT2D eigenvalue weighted by Crippen LogP contribution is -2.14. The van der Waals surface area contributed by atoms with E-state index in [0.717, 1.165) is 16.7 Å². The molecular weight excluding hydrogens is 643 g/mol. The molecule has 8 aromatic rings. The summed E-state index contributed by atoms with van der Waals surface area (Å²) >= 11 is 0. The van der Waals surface area contributed by atoms with E-state index in [1.807, 2.05) is 18.2 Å². The molecule has 2 aliphatic rings. The molecule has 0 saturated heterocycles. The fourth-order valence-electron chi connectivity index (χ4n) is 8.11. The summed E-state index contributed by atoms with van der Waals surface area (Å²) in [5.74, 6) is -0.347. The maximum Gasteiger partial charge on any atom is 0.164 e. The molecule has 0 N–H and O–H groups in total. The highest BCUT2D eigenvalue weighted by atomic mass is 15.0. The van der Waals surface area contributed by atoms with Gasteiger partial charge in [-0.05, 0) is 98.3 Å². The van der Waals surface area contributed by atoms with E-state index in [0.29, 0.717) is 12.0 Å². The summed E-state index contributed by atoms with van der Waals surface area (Å²) in [4.78, 5) is 13.9. The SMILES string of the molecule is [2H]c1c([2H])c([2H])c(-c2nc(-c3cccc(-c4cccc5c4Cc4c(-c6ccc7c(c6)C(C)(C)c6ccccc6-7)cccc4-5)c3)nc(-c3c([2H])c([2H])c([2H])c(C)c3[2H])n2)c([2H])c1[2H]. The van der Waals surface area contributed by atoms with Crippen LogP contribution in [0.2, 0.25) is 0 Å². The highest BCUT2D eigenvalue weighted by Crippen LogP contribution is 2.51. The van der Waals surface area contributed by atoms with Crippen molar-refractivity contribution in [1.82, 2.24) is 15.0 Å². The van der Waals surface area contributed by atoms with Crippen LogP contribution < -0.4 is 0 Å². The molecule has 0 atom stereocenters. The van der Waals surface area contributed by atoms with Crippen LogP contribution in [-0.2, 0) is 11.8 Å². The zero-order chi connectivity index (χ0) is 43.5. The third kappa shape index (κ3) is 5.15. The lowest BCUT2D eigenvalue weighted by molar-refractivity contribution is 0.660. The molecular formula is C50H37N3. The largest absolute Gasteiger partial charge is 0.208 e. The second-order valence-corrected chi connectivity index (χ2v) is 14.2. The van der Waals surface area contributed by atoms with Gasteiger partial charge in [0.2, 0.25) is 0 Å². The Bertz CT molecular complexity index is 3120. The fraction of sp³-hybridized carbons (Fsp3) is 0.100. The van der Waals surface area contributed by atoms with Gasteiger partial charge in [0.25, 0.3) is 0 Å². The van der Waals surface area contributed by atoms with E-state index in [9.17, 15) is 0 Å². The Balaban J connectivity index is 1.09. The number of hydrogen-bond donors (Lipinski definition) is 0. The lowest BCUT2D eigenvalue weighted by Gasteiger charge is -2.22. The van der Waals surface area contributed by atoms with E-state index in [-0.39, 0.29) is 51.7 Å². The molecule has 0 unspecified atom stereocenters. The van der Waals surface area contributed by atoms with E-state index in [1.54, 1.807) is 6.07 Å². The molecule has 0 spiro atoms. The predicted octanol–water partition coefficient (Wildman–Crippen LogP) is 12.4. The Kier molecular flexibility index (Phi) is 5.28. The molecule has 1 aromatic heterocycles. The van der Waals surface area contributed by atoms with Crippen molar-refractivity contribution < 1.29 is 12.3 Å². The zero-order valence-electron chi connectivity index (χ0n) is 38.4. The number of nitrogens with zero attached hydrogens (tertiary/aromatic N) is 3. The van der Waals surface area contributed by atoms with E-state index in [4.69, 9.17) is 22.3 Å². The summed E-state index contributed by atoms with van der Waals surface area (Å²) in [6, 6.07) is 31.9. The smallest absolute Gasteiger partial charge is 0.164 e. The monoisotopic (exact) mass is 688 g/mol. The lowest BCUT2D eigenvalue weighted by atomic mass is 9.81. The van der Waals surface area contributed by atoms with Crippen molar-refractivity contribution in [3.63, 3.8) is 0 Å². The van der Waals surface area contributed by atoms with Crippen LogP contribution in [0, 0.1) is 6.92 Å². The summed E-state index contributed by atoms with van der Waals surface area (Å²) in [6.07, 6.45) is 0.705. The number of fused-ring (bicyclic) bond motifs is 6. The van der Waals surface area contributed by atoms with Gasteiger partial charge in [-0.3, -0.25) is 0 Å². The molecule has 7 aromatic carbocycles. The standard InChI is InChI=1S/C50H37N3/c1-31-13-9-17-35(27-31)48-51-47(32-14-5-4-6-15-32)52-49(53-48)36-18-10-16-33(28-36)37-20-11-22-39-40-23-12-21-38(44(40)30-43(37)39)34-25-26-42-41-19-7-8-24-45(41)50(2,3)46(42)29-34/h4-29H,30H2,1-3H3/i4D,5D,6D,9D,13D,14D,15D,17D,27D. The van der Waals surface area contributed by atoms with E-state index < -0.39 is 42.3 Å². The Morgan fingerprint density at radius 1 is 0.472 bits per heavy atom. The van der Waals surface area contributed by atoms with Crippen LogP contribution >= 0.6 is 0 Å². The predicted molar refractivity (Wildman–Crippen MR) is 218 cm³/mol. The molecule has 0 bridgehead atoms. The maximum atomic E-state index is 8.88. The molecule has 0 saturated carbocycles. The number of aromatic nitrogens is 3. The molecule has 3 heteroatoms. The molecule has 0 aliphatic heterocycles. The third-order valence-corrected chi connectivity index (χ3v) is 10.7. The molecule has 0 fully saturated rings. The van der Waals surface area contributed by atoms with Gasteiger partial charge in [0.05, 0.1) is 12.3 Å². The van der Waals surface area contributed by atoms with E-state index in [2.05, 4.69) is 97.7 Å². The van der Waals surface area contributed by atoms with Gasteiger partial charge in [-0.1, -0.05) is 159 Å². The molecule has 252 valence electrons. The minimum Gasteiger partial charge on any atom is -0.208 e. The molecule has 3 nitrogen and oxygen atoms in total. The van der Waals surface area contributed by atoms with Gasteiger partial charge in [-0.15, -0.1) is 0 Å². The van der Waals surface area contributed by atoms with Crippen LogP contribution in [0.25, 0.3) is 78.7 Å². The van der Waals surface area contributed by atoms with Crippen molar-refractivity contribution in [2.24, 2.45) is 0 Å². The van der Waals surface area contributed by atoms with Crippen molar-refractivity contribution in [3.05, 3.63) is 185 Å². The minimum absolute atomic E-state index is 0.0800. The van der Waals surface area contributed by atoms with Crippen LogP contribution in [0.15, 0.2) is 158 Å². The Morgan fingerprint density at radius 3 is 1.79 bits per heavy atom. The van der Waals surface area contributed by atoms with Crippen LogP contribution in [0.4, 0.5) is 0 Å². The van der Waals surface area contributed by atoms with E-state index >= 15 is 0 Å².